The Morgan fingerprint density at radius 2 is 2.56 bits per heavy atom. The quantitative estimate of drug-likeness (QED) is 0.831. The number of rotatable bonds is 4. The van der Waals surface area contributed by atoms with Gasteiger partial charge in [-0.1, -0.05) is 0 Å². The van der Waals surface area contributed by atoms with E-state index in [4.69, 9.17) is 5.11 Å². The maximum atomic E-state index is 10.7. The van der Waals surface area contributed by atoms with Gasteiger partial charge in [0.25, 0.3) is 0 Å². The van der Waals surface area contributed by atoms with Gasteiger partial charge in [-0.2, -0.15) is 0 Å². The minimum absolute atomic E-state index is 0.394. The van der Waals surface area contributed by atoms with Crippen LogP contribution in [0.15, 0.2) is 11.4 Å². The minimum atomic E-state index is -0.844. The maximum absolute atomic E-state index is 10.7. The molecule has 1 atom stereocenters. The molecular weight excluding hydrogens is 224 g/mol. The van der Waals surface area contributed by atoms with Crippen molar-refractivity contribution in [2.45, 2.75) is 19.0 Å². The highest BCUT2D eigenvalue weighted by atomic mass is 32.1. The molecule has 0 aliphatic carbocycles. The van der Waals surface area contributed by atoms with E-state index in [1.807, 2.05) is 0 Å². The molecule has 1 aromatic rings. The molecule has 0 bridgehead atoms. The zero-order chi connectivity index (χ0) is 11.5. The zero-order valence-electron chi connectivity index (χ0n) is 9.27. The van der Waals surface area contributed by atoms with Gasteiger partial charge in [0.05, 0.1) is 5.56 Å². The predicted octanol–water partition coefficient (Wildman–Crippen LogP) is 1.24. The van der Waals surface area contributed by atoms with Gasteiger partial charge in [0.1, 0.15) is 0 Å². The van der Waals surface area contributed by atoms with Crippen molar-refractivity contribution in [3.63, 3.8) is 0 Å². The van der Waals surface area contributed by atoms with Crippen LogP contribution < -0.4 is 5.32 Å². The molecule has 16 heavy (non-hydrogen) atoms. The fourth-order valence-corrected chi connectivity index (χ4v) is 2.74. The molecule has 1 aliphatic rings. The van der Waals surface area contributed by atoms with E-state index in [2.05, 4.69) is 17.3 Å². The molecule has 0 amide bonds. The van der Waals surface area contributed by atoms with Crippen LogP contribution in [0.1, 0.15) is 21.7 Å². The fraction of sp³-hybridized carbons (Fsp3) is 0.545. The lowest BCUT2D eigenvalue weighted by molar-refractivity contribution is 0.0697. The van der Waals surface area contributed by atoms with Crippen LogP contribution >= 0.6 is 11.3 Å². The first-order valence-corrected chi connectivity index (χ1v) is 6.26. The monoisotopic (exact) mass is 240 g/mol. The van der Waals surface area contributed by atoms with E-state index < -0.39 is 5.97 Å². The SMILES string of the molecule is CN1CCC(NCc2cc(C(=O)O)cs2)C1. The fourth-order valence-electron chi connectivity index (χ4n) is 1.93. The van der Waals surface area contributed by atoms with E-state index in [1.54, 1.807) is 11.4 Å². The summed E-state index contributed by atoms with van der Waals surface area (Å²) in [5.74, 6) is -0.844. The number of thiophene rings is 1. The van der Waals surface area contributed by atoms with Gasteiger partial charge in [0.2, 0.25) is 0 Å². The van der Waals surface area contributed by atoms with Gasteiger partial charge in [-0.3, -0.25) is 0 Å². The van der Waals surface area contributed by atoms with Crippen molar-refractivity contribution < 1.29 is 9.90 Å². The molecule has 2 N–H and O–H groups in total. The Hall–Kier alpha value is -0.910. The van der Waals surface area contributed by atoms with Gasteiger partial charge < -0.3 is 15.3 Å². The summed E-state index contributed by atoms with van der Waals surface area (Å²) >= 11 is 1.51. The summed E-state index contributed by atoms with van der Waals surface area (Å²) in [6, 6.07) is 2.29. The highest BCUT2D eigenvalue weighted by Crippen LogP contribution is 2.15. The zero-order valence-corrected chi connectivity index (χ0v) is 10.1. The summed E-state index contributed by atoms with van der Waals surface area (Å²) in [6.07, 6.45) is 1.17. The van der Waals surface area contributed by atoms with Crippen molar-refractivity contribution in [3.8, 4) is 0 Å². The first-order valence-electron chi connectivity index (χ1n) is 5.38. The lowest BCUT2D eigenvalue weighted by Crippen LogP contribution is -2.30. The highest BCUT2D eigenvalue weighted by molar-refractivity contribution is 7.10. The Kier molecular flexibility index (Phi) is 3.58. The lowest BCUT2D eigenvalue weighted by atomic mass is 10.2. The number of carbonyl (C=O) groups is 1. The van der Waals surface area contributed by atoms with Crippen LogP contribution in [0.5, 0.6) is 0 Å². The number of carboxylic acid groups (broad SMARTS) is 1. The van der Waals surface area contributed by atoms with E-state index in [9.17, 15) is 4.79 Å². The third kappa shape index (κ3) is 2.81. The van der Waals surface area contributed by atoms with Crippen LogP contribution in [-0.2, 0) is 6.54 Å². The van der Waals surface area contributed by atoms with E-state index in [-0.39, 0.29) is 0 Å². The average Bonchev–Trinajstić information content (AvgIpc) is 2.83. The Labute approximate surface area is 98.9 Å². The number of nitrogens with one attached hydrogen (secondary N) is 1. The molecule has 0 spiro atoms. The Bertz CT molecular complexity index is 378. The molecule has 88 valence electrons. The number of carboxylic acids is 1. The van der Waals surface area contributed by atoms with Crippen LogP contribution in [0.3, 0.4) is 0 Å². The molecular formula is C11H16N2O2S. The summed E-state index contributed by atoms with van der Waals surface area (Å²) in [4.78, 5) is 14.1. The molecule has 0 saturated carbocycles. The predicted molar refractivity (Wildman–Crippen MR) is 64.0 cm³/mol. The molecule has 4 nitrogen and oxygen atoms in total. The molecule has 2 rings (SSSR count). The molecule has 0 radical (unpaired) electrons. The maximum Gasteiger partial charge on any atom is 0.336 e. The number of aromatic carboxylic acids is 1. The van der Waals surface area contributed by atoms with Gasteiger partial charge in [-0.05, 0) is 26.1 Å². The molecule has 1 fully saturated rings. The number of hydrogen-bond donors (Lipinski definition) is 2. The topological polar surface area (TPSA) is 52.6 Å². The Morgan fingerprint density at radius 3 is 3.12 bits per heavy atom. The molecule has 1 saturated heterocycles. The van der Waals surface area contributed by atoms with Crippen LogP contribution in [0.2, 0.25) is 0 Å². The first-order chi connectivity index (χ1) is 7.65. The van der Waals surface area contributed by atoms with Crippen molar-refractivity contribution in [1.29, 1.82) is 0 Å². The third-order valence-corrected chi connectivity index (χ3v) is 3.79. The number of hydrogen-bond acceptors (Lipinski definition) is 4. The molecule has 1 aliphatic heterocycles. The van der Waals surface area contributed by atoms with E-state index in [0.29, 0.717) is 11.6 Å². The van der Waals surface area contributed by atoms with E-state index in [0.717, 1.165) is 24.5 Å². The number of likely N-dealkylation sites (N-methyl/N-ethyl adjacent to an activating group) is 1. The highest BCUT2D eigenvalue weighted by Gasteiger charge is 2.18. The van der Waals surface area contributed by atoms with Crippen LogP contribution in [0.25, 0.3) is 0 Å². The van der Waals surface area contributed by atoms with Gasteiger partial charge in [0, 0.05) is 29.4 Å². The number of likely N-dealkylation sites (tertiary alicyclic amines) is 1. The molecule has 1 aromatic heterocycles. The second-order valence-electron chi connectivity index (χ2n) is 4.24. The summed E-state index contributed by atoms with van der Waals surface area (Å²) < 4.78 is 0. The lowest BCUT2D eigenvalue weighted by Gasteiger charge is -2.11. The van der Waals surface area contributed by atoms with Crippen molar-refractivity contribution in [1.82, 2.24) is 10.2 Å². The molecule has 2 heterocycles. The van der Waals surface area contributed by atoms with Gasteiger partial charge >= 0.3 is 5.97 Å². The second kappa shape index (κ2) is 4.95. The third-order valence-electron chi connectivity index (χ3n) is 2.86. The minimum Gasteiger partial charge on any atom is -0.478 e. The van der Waals surface area contributed by atoms with Gasteiger partial charge in [0.15, 0.2) is 0 Å². The van der Waals surface area contributed by atoms with Gasteiger partial charge in [-0.25, -0.2) is 4.79 Å². The van der Waals surface area contributed by atoms with Gasteiger partial charge in [-0.15, -0.1) is 11.3 Å². The van der Waals surface area contributed by atoms with Crippen LogP contribution in [0.4, 0.5) is 0 Å². The van der Waals surface area contributed by atoms with Crippen molar-refractivity contribution in [2.24, 2.45) is 0 Å². The molecule has 1 unspecified atom stereocenters. The number of nitrogens with zero attached hydrogens (tertiary/aromatic N) is 1. The summed E-state index contributed by atoms with van der Waals surface area (Å²) in [5.41, 5.74) is 0.394. The Balaban J connectivity index is 1.83. The standard InChI is InChI=1S/C11H16N2O2S/c1-13-3-2-9(6-13)12-5-10-4-8(7-16-10)11(14)15/h4,7,9,12H,2-3,5-6H2,1H3,(H,14,15). The largest absolute Gasteiger partial charge is 0.478 e. The van der Waals surface area contributed by atoms with E-state index >= 15 is 0 Å². The summed E-state index contributed by atoms with van der Waals surface area (Å²) in [6.45, 7) is 3.00. The van der Waals surface area contributed by atoms with Crippen molar-refractivity contribution in [3.05, 3.63) is 21.9 Å². The van der Waals surface area contributed by atoms with Crippen LogP contribution in [0, 0.1) is 0 Å². The first kappa shape index (κ1) is 11.6. The van der Waals surface area contributed by atoms with E-state index in [1.165, 1.54) is 17.8 Å². The van der Waals surface area contributed by atoms with Crippen molar-refractivity contribution in [2.75, 3.05) is 20.1 Å². The Morgan fingerprint density at radius 1 is 1.75 bits per heavy atom. The second-order valence-corrected chi connectivity index (χ2v) is 5.23. The average molecular weight is 240 g/mol. The summed E-state index contributed by atoms with van der Waals surface area (Å²) in [7, 11) is 2.12. The summed E-state index contributed by atoms with van der Waals surface area (Å²) in [5, 5.41) is 13.9. The van der Waals surface area contributed by atoms with Crippen molar-refractivity contribution >= 4 is 17.3 Å². The van der Waals surface area contributed by atoms with Crippen LogP contribution in [-0.4, -0.2) is 42.2 Å². The normalized spacial score (nSPS) is 21.4. The molecule has 5 heteroatoms. The molecule has 0 aromatic carbocycles. The smallest absolute Gasteiger partial charge is 0.336 e.